The molecule has 1 N–H and O–H groups in total. The van der Waals surface area contributed by atoms with Gasteiger partial charge in [-0.2, -0.15) is 0 Å². The maximum absolute atomic E-state index is 12.1. The highest BCUT2D eigenvalue weighted by atomic mass is 32.1. The third-order valence-electron chi connectivity index (χ3n) is 4.45. The fourth-order valence-corrected chi connectivity index (χ4v) is 4.27. The monoisotopic (exact) mass is 324 g/mol. The highest BCUT2D eigenvalue weighted by Gasteiger charge is 2.45. The van der Waals surface area contributed by atoms with Crippen molar-refractivity contribution in [3.05, 3.63) is 21.9 Å². The van der Waals surface area contributed by atoms with Gasteiger partial charge in [0, 0.05) is 49.0 Å². The smallest absolute Gasteiger partial charge is 0.249 e. The van der Waals surface area contributed by atoms with E-state index >= 15 is 0 Å². The summed E-state index contributed by atoms with van der Waals surface area (Å²) in [5.74, 6) is -0.00151. The van der Waals surface area contributed by atoms with Crippen molar-refractivity contribution in [2.75, 3.05) is 26.8 Å². The van der Waals surface area contributed by atoms with Gasteiger partial charge in [-0.15, -0.1) is 11.3 Å². The van der Waals surface area contributed by atoms with Gasteiger partial charge in [0.05, 0.1) is 12.7 Å². The molecule has 0 bridgehead atoms. The molecule has 2 fully saturated rings. The van der Waals surface area contributed by atoms with Gasteiger partial charge in [0.2, 0.25) is 5.91 Å². The molecule has 3 atom stereocenters. The van der Waals surface area contributed by atoms with Crippen molar-refractivity contribution in [1.82, 2.24) is 10.2 Å². The standard InChI is InChI=1S/C16H24N2O3S/c1-11-3-4-12(22-11)10-18-7-5-14-13(18)9-15(21-14)16(19)17-6-8-20-2/h3-4,13-15H,5-10H2,1-2H3,(H,17,19)/t13-,14-,15+/m0/s1. The van der Waals surface area contributed by atoms with Crippen LogP contribution in [0, 0.1) is 6.92 Å². The number of carbonyl (C=O) groups excluding carboxylic acids is 1. The lowest BCUT2D eigenvalue weighted by atomic mass is 10.1. The number of methoxy groups -OCH3 is 1. The van der Waals surface area contributed by atoms with Gasteiger partial charge in [0.1, 0.15) is 6.10 Å². The quantitative estimate of drug-likeness (QED) is 0.807. The molecule has 0 aliphatic carbocycles. The van der Waals surface area contributed by atoms with Crippen molar-refractivity contribution in [3.63, 3.8) is 0 Å². The van der Waals surface area contributed by atoms with Gasteiger partial charge >= 0.3 is 0 Å². The van der Waals surface area contributed by atoms with E-state index in [1.807, 2.05) is 11.3 Å². The van der Waals surface area contributed by atoms with Crippen molar-refractivity contribution in [2.45, 2.75) is 44.6 Å². The fraction of sp³-hybridized carbons (Fsp3) is 0.688. The van der Waals surface area contributed by atoms with Gasteiger partial charge in [-0.3, -0.25) is 9.69 Å². The summed E-state index contributed by atoms with van der Waals surface area (Å²) in [5.41, 5.74) is 0. The van der Waals surface area contributed by atoms with Crippen LogP contribution in [-0.2, 0) is 20.8 Å². The summed E-state index contributed by atoms with van der Waals surface area (Å²) in [6.45, 7) is 5.25. The van der Waals surface area contributed by atoms with Crippen LogP contribution < -0.4 is 5.32 Å². The number of amides is 1. The minimum absolute atomic E-state index is 0.00151. The Balaban J connectivity index is 1.53. The number of carbonyl (C=O) groups is 1. The zero-order valence-corrected chi connectivity index (χ0v) is 14.0. The number of fused-ring (bicyclic) bond motifs is 1. The fourth-order valence-electron chi connectivity index (χ4n) is 3.36. The lowest BCUT2D eigenvalue weighted by Gasteiger charge is -2.21. The molecular formula is C16H24N2O3S. The number of ether oxygens (including phenoxy) is 2. The Kier molecular flexibility index (Phi) is 5.13. The number of hydrogen-bond acceptors (Lipinski definition) is 5. The molecule has 0 aromatic carbocycles. The average Bonchev–Trinajstić information content (AvgIpc) is 3.17. The second-order valence-electron chi connectivity index (χ2n) is 6.02. The molecule has 122 valence electrons. The molecule has 3 rings (SSSR count). The largest absolute Gasteiger partial charge is 0.383 e. The first-order chi connectivity index (χ1) is 10.7. The third-order valence-corrected chi connectivity index (χ3v) is 5.43. The first-order valence-electron chi connectivity index (χ1n) is 7.89. The molecular weight excluding hydrogens is 300 g/mol. The van der Waals surface area contributed by atoms with E-state index in [4.69, 9.17) is 9.47 Å². The van der Waals surface area contributed by atoms with Gasteiger partial charge in [0.15, 0.2) is 0 Å². The summed E-state index contributed by atoms with van der Waals surface area (Å²) in [6, 6.07) is 4.75. The molecule has 2 aliphatic heterocycles. The molecule has 0 saturated carbocycles. The van der Waals surface area contributed by atoms with E-state index in [2.05, 4.69) is 29.3 Å². The van der Waals surface area contributed by atoms with E-state index < -0.39 is 0 Å². The third kappa shape index (κ3) is 3.51. The summed E-state index contributed by atoms with van der Waals surface area (Å²) in [5, 5.41) is 2.88. The van der Waals surface area contributed by atoms with Crippen LogP contribution in [0.15, 0.2) is 12.1 Å². The zero-order valence-electron chi connectivity index (χ0n) is 13.2. The van der Waals surface area contributed by atoms with E-state index in [1.165, 1.54) is 9.75 Å². The first-order valence-corrected chi connectivity index (χ1v) is 8.70. The number of rotatable bonds is 6. The second-order valence-corrected chi connectivity index (χ2v) is 7.39. The van der Waals surface area contributed by atoms with Crippen molar-refractivity contribution in [2.24, 2.45) is 0 Å². The van der Waals surface area contributed by atoms with E-state index in [9.17, 15) is 4.79 Å². The summed E-state index contributed by atoms with van der Waals surface area (Å²) in [4.78, 5) is 17.3. The Hall–Kier alpha value is -0.950. The van der Waals surface area contributed by atoms with Crippen molar-refractivity contribution in [1.29, 1.82) is 0 Å². The number of thiophene rings is 1. The minimum Gasteiger partial charge on any atom is -0.383 e. The molecule has 1 aromatic heterocycles. The second kappa shape index (κ2) is 7.08. The van der Waals surface area contributed by atoms with Gasteiger partial charge < -0.3 is 14.8 Å². The van der Waals surface area contributed by atoms with E-state index in [-0.39, 0.29) is 18.1 Å². The maximum Gasteiger partial charge on any atom is 0.249 e. The highest BCUT2D eigenvalue weighted by molar-refractivity contribution is 7.11. The molecule has 22 heavy (non-hydrogen) atoms. The maximum atomic E-state index is 12.1. The van der Waals surface area contributed by atoms with Crippen LogP contribution in [0.5, 0.6) is 0 Å². The van der Waals surface area contributed by atoms with E-state index in [0.717, 1.165) is 25.9 Å². The molecule has 0 spiro atoms. The van der Waals surface area contributed by atoms with Gasteiger partial charge in [-0.1, -0.05) is 0 Å². The van der Waals surface area contributed by atoms with Crippen molar-refractivity contribution in [3.8, 4) is 0 Å². The predicted molar refractivity (Wildman–Crippen MR) is 86.0 cm³/mol. The Morgan fingerprint density at radius 3 is 3.14 bits per heavy atom. The first kappa shape index (κ1) is 15.9. The SMILES string of the molecule is COCCNC(=O)[C@H]1C[C@H]2[C@H](CCN2Cc2ccc(C)s2)O1. The summed E-state index contributed by atoms with van der Waals surface area (Å²) >= 11 is 1.85. The number of nitrogens with zero attached hydrogens (tertiary/aromatic N) is 1. The molecule has 2 aliphatic rings. The van der Waals surface area contributed by atoms with Crippen LogP contribution in [0.2, 0.25) is 0 Å². The lowest BCUT2D eigenvalue weighted by molar-refractivity contribution is -0.132. The van der Waals surface area contributed by atoms with Crippen LogP contribution in [0.3, 0.4) is 0 Å². The number of hydrogen-bond donors (Lipinski definition) is 1. The van der Waals surface area contributed by atoms with Crippen molar-refractivity contribution >= 4 is 17.2 Å². The Bertz CT molecular complexity index is 519. The van der Waals surface area contributed by atoms with Crippen LogP contribution in [-0.4, -0.2) is 55.9 Å². The van der Waals surface area contributed by atoms with Gasteiger partial charge in [-0.25, -0.2) is 0 Å². The lowest BCUT2D eigenvalue weighted by Crippen LogP contribution is -2.37. The van der Waals surface area contributed by atoms with E-state index in [0.29, 0.717) is 19.2 Å². The molecule has 6 heteroatoms. The molecule has 1 aromatic rings. The Morgan fingerprint density at radius 2 is 2.41 bits per heavy atom. The normalized spacial score (nSPS) is 28.0. The number of aryl methyl sites for hydroxylation is 1. The minimum atomic E-state index is -0.306. The van der Waals surface area contributed by atoms with Crippen LogP contribution >= 0.6 is 11.3 Å². The van der Waals surface area contributed by atoms with Crippen LogP contribution in [0.25, 0.3) is 0 Å². The molecule has 2 saturated heterocycles. The van der Waals surface area contributed by atoms with Gasteiger partial charge in [0.25, 0.3) is 0 Å². The van der Waals surface area contributed by atoms with E-state index in [1.54, 1.807) is 7.11 Å². The number of nitrogens with one attached hydrogen (secondary N) is 1. The molecule has 3 heterocycles. The zero-order chi connectivity index (χ0) is 15.5. The highest BCUT2D eigenvalue weighted by Crippen LogP contribution is 2.34. The summed E-state index contributed by atoms with van der Waals surface area (Å²) in [7, 11) is 1.63. The summed E-state index contributed by atoms with van der Waals surface area (Å²) < 4.78 is 10.9. The Morgan fingerprint density at radius 1 is 1.55 bits per heavy atom. The average molecular weight is 324 g/mol. The topological polar surface area (TPSA) is 50.8 Å². The molecule has 0 unspecified atom stereocenters. The van der Waals surface area contributed by atoms with Crippen molar-refractivity contribution < 1.29 is 14.3 Å². The van der Waals surface area contributed by atoms with Gasteiger partial charge in [-0.05, 0) is 25.5 Å². The number of likely N-dealkylation sites (tertiary alicyclic amines) is 1. The Labute approximate surface area is 135 Å². The van der Waals surface area contributed by atoms with Crippen LogP contribution in [0.1, 0.15) is 22.6 Å². The molecule has 1 amide bonds. The molecule has 5 nitrogen and oxygen atoms in total. The van der Waals surface area contributed by atoms with Crippen LogP contribution in [0.4, 0.5) is 0 Å². The predicted octanol–water partition coefficient (Wildman–Crippen LogP) is 1.55. The molecule has 0 radical (unpaired) electrons. The summed E-state index contributed by atoms with van der Waals surface area (Å²) in [6.07, 6.45) is 1.73.